The van der Waals surface area contributed by atoms with Crippen molar-refractivity contribution in [2.45, 2.75) is 91.0 Å². The number of fused-ring (bicyclic) bond motifs is 5. The Morgan fingerprint density at radius 3 is 2.76 bits per heavy atom. The second kappa shape index (κ2) is 10.5. The van der Waals surface area contributed by atoms with Gasteiger partial charge in [0.15, 0.2) is 12.5 Å². The highest BCUT2D eigenvalue weighted by molar-refractivity contribution is 5.91. The van der Waals surface area contributed by atoms with Gasteiger partial charge in [0.05, 0.1) is 5.71 Å². The summed E-state index contributed by atoms with van der Waals surface area (Å²) < 4.78 is 4.87. The smallest absolute Gasteiger partial charge is 0.438 e. The Labute approximate surface area is 220 Å². The Hall–Kier alpha value is -2.22. The summed E-state index contributed by atoms with van der Waals surface area (Å²) in [6.07, 6.45) is 12.0. The van der Waals surface area contributed by atoms with Gasteiger partial charge in [0.25, 0.3) is 6.47 Å². The zero-order valence-electron chi connectivity index (χ0n) is 22.7. The van der Waals surface area contributed by atoms with Crippen molar-refractivity contribution in [2.24, 2.45) is 39.7 Å². The third-order valence-corrected chi connectivity index (χ3v) is 10.9. The molecule has 204 valence electrons. The van der Waals surface area contributed by atoms with Crippen LogP contribution < -0.4 is 5.32 Å². The SMILES string of the molecule is C/C(=N\OC(=O)N(COC=O)CC1CCCN1)[C@H]1CC[C@H]2[C@@H]3CCC4=CC(=O)CC[C@]4(C)[C@H]3CC[C@]12C. The molecule has 4 aliphatic carbocycles. The molecule has 7 atom stereocenters. The molecule has 1 unspecified atom stereocenters. The monoisotopic (exact) mass is 513 g/mol. The second-order valence-electron chi connectivity index (χ2n) is 12.6. The number of ether oxygens (including phenoxy) is 1. The fraction of sp³-hybridized carbons (Fsp3) is 0.793. The zero-order chi connectivity index (χ0) is 26.2. The molecule has 37 heavy (non-hydrogen) atoms. The van der Waals surface area contributed by atoms with Crippen LogP contribution in [-0.4, -0.2) is 54.8 Å². The quantitative estimate of drug-likeness (QED) is 0.172. The summed E-state index contributed by atoms with van der Waals surface area (Å²) in [5.74, 6) is 2.58. The molecule has 0 radical (unpaired) electrons. The average Bonchev–Trinajstić information content (AvgIpc) is 3.52. The van der Waals surface area contributed by atoms with Gasteiger partial charge in [0.1, 0.15) is 0 Å². The zero-order valence-corrected chi connectivity index (χ0v) is 22.7. The maximum atomic E-state index is 12.8. The van der Waals surface area contributed by atoms with Crippen molar-refractivity contribution in [1.82, 2.24) is 10.2 Å². The Balaban J connectivity index is 1.26. The molecule has 1 N–H and O–H groups in total. The lowest BCUT2D eigenvalue weighted by Crippen LogP contribution is -2.51. The van der Waals surface area contributed by atoms with Crippen LogP contribution in [-0.2, 0) is 19.2 Å². The van der Waals surface area contributed by atoms with Gasteiger partial charge in [0.2, 0.25) is 0 Å². The maximum Gasteiger partial charge on any atom is 0.438 e. The molecule has 0 bridgehead atoms. The van der Waals surface area contributed by atoms with E-state index in [9.17, 15) is 14.4 Å². The van der Waals surface area contributed by atoms with Gasteiger partial charge in [-0.25, -0.2) is 4.79 Å². The van der Waals surface area contributed by atoms with E-state index < -0.39 is 6.09 Å². The number of allylic oxidation sites excluding steroid dienone is 1. The average molecular weight is 514 g/mol. The number of amides is 1. The molecule has 4 fully saturated rings. The van der Waals surface area contributed by atoms with Crippen molar-refractivity contribution >= 4 is 24.1 Å². The van der Waals surface area contributed by atoms with E-state index in [1.54, 1.807) is 0 Å². The minimum atomic E-state index is -0.579. The first kappa shape index (κ1) is 26.4. The minimum absolute atomic E-state index is 0.137. The van der Waals surface area contributed by atoms with Crippen LogP contribution in [0, 0.1) is 34.5 Å². The van der Waals surface area contributed by atoms with E-state index >= 15 is 0 Å². The van der Waals surface area contributed by atoms with Gasteiger partial charge >= 0.3 is 6.09 Å². The van der Waals surface area contributed by atoms with E-state index in [0.29, 0.717) is 48.9 Å². The summed E-state index contributed by atoms with van der Waals surface area (Å²) in [4.78, 5) is 42.5. The Bertz CT molecular complexity index is 973. The molecule has 1 aliphatic heterocycles. The molecule has 8 heteroatoms. The van der Waals surface area contributed by atoms with Gasteiger partial charge in [0, 0.05) is 24.9 Å². The molecule has 8 nitrogen and oxygen atoms in total. The molecule has 0 aromatic carbocycles. The Kier molecular flexibility index (Phi) is 7.49. The molecule has 1 heterocycles. The molecule has 1 amide bonds. The molecule has 5 aliphatic rings. The minimum Gasteiger partial charge on any atom is -0.446 e. The van der Waals surface area contributed by atoms with Gasteiger partial charge in [-0.3, -0.25) is 19.3 Å². The summed E-state index contributed by atoms with van der Waals surface area (Å²) >= 11 is 0. The predicted molar refractivity (Wildman–Crippen MR) is 140 cm³/mol. The van der Waals surface area contributed by atoms with Crippen LogP contribution in [0.2, 0.25) is 0 Å². The summed E-state index contributed by atoms with van der Waals surface area (Å²) in [7, 11) is 0. The lowest BCUT2D eigenvalue weighted by atomic mass is 9.46. The van der Waals surface area contributed by atoms with Gasteiger partial charge in [-0.2, -0.15) is 0 Å². The number of carbonyl (C=O) groups excluding carboxylic acids is 3. The van der Waals surface area contributed by atoms with Gasteiger partial charge in [-0.05, 0) is 106 Å². The highest BCUT2D eigenvalue weighted by atomic mass is 16.7. The topological polar surface area (TPSA) is 97.3 Å². The fourth-order valence-corrected chi connectivity index (χ4v) is 8.96. The van der Waals surface area contributed by atoms with Crippen molar-refractivity contribution in [3.05, 3.63) is 11.6 Å². The van der Waals surface area contributed by atoms with Gasteiger partial charge < -0.3 is 10.1 Å². The second-order valence-corrected chi connectivity index (χ2v) is 12.6. The number of nitrogens with zero attached hydrogens (tertiary/aromatic N) is 2. The fourth-order valence-electron chi connectivity index (χ4n) is 8.96. The third kappa shape index (κ3) is 4.86. The molecule has 0 aromatic rings. The summed E-state index contributed by atoms with van der Waals surface area (Å²) in [5, 5.41) is 7.71. The van der Waals surface area contributed by atoms with Crippen LogP contribution in [0.25, 0.3) is 0 Å². The largest absolute Gasteiger partial charge is 0.446 e. The lowest BCUT2D eigenvalue weighted by Gasteiger charge is -2.58. The van der Waals surface area contributed by atoms with E-state index in [1.807, 2.05) is 13.0 Å². The standard InChI is InChI=1S/C29H43N3O5/c1-19(31-37-27(35)32(17-36-18-33)16-21-5-4-14-30-21)24-8-9-25-23-7-6-20-15-22(34)10-12-28(20,2)26(23)11-13-29(24,25)3/h15,18,21,23-26,30H,4-14,16-17H2,1-3H3/b31-19+/t21?,23-,24+,25-,26-,28-,29+/m0/s1. The van der Waals surface area contributed by atoms with Crippen LogP contribution in [0.1, 0.15) is 85.0 Å². The number of oxime groups is 1. The van der Waals surface area contributed by atoms with E-state index in [1.165, 1.54) is 29.7 Å². The van der Waals surface area contributed by atoms with Crippen LogP contribution in [0.15, 0.2) is 16.8 Å². The lowest BCUT2D eigenvalue weighted by molar-refractivity contribution is -0.132. The number of hydrogen-bond donors (Lipinski definition) is 1. The highest BCUT2D eigenvalue weighted by Gasteiger charge is 2.59. The highest BCUT2D eigenvalue weighted by Crippen LogP contribution is 2.66. The van der Waals surface area contributed by atoms with Gasteiger partial charge in [-0.15, -0.1) is 0 Å². The van der Waals surface area contributed by atoms with Crippen LogP contribution >= 0.6 is 0 Å². The Morgan fingerprint density at radius 1 is 1.16 bits per heavy atom. The van der Waals surface area contributed by atoms with E-state index in [0.717, 1.165) is 50.8 Å². The molecular weight excluding hydrogens is 470 g/mol. The molecule has 5 rings (SSSR count). The van der Waals surface area contributed by atoms with Crippen molar-refractivity contribution in [3.8, 4) is 0 Å². The first-order valence-corrected chi connectivity index (χ1v) is 14.3. The first-order valence-electron chi connectivity index (χ1n) is 14.3. The van der Waals surface area contributed by atoms with Crippen molar-refractivity contribution < 1.29 is 24.0 Å². The normalized spacial score (nSPS) is 39.2. The summed E-state index contributed by atoms with van der Waals surface area (Å²) in [6.45, 7) is 8.42. The third-order valence-electron chi connectivity index (χ3n) is 10.9. The summed E-state index contributed by atoms with van der Waals surface area (Å²) in [6, 6.07) is 0.174. The van der Waals surface area contributed by atoms with E-state index in [2.05, 4.69) is 24.3 Å². The predicted octanol–water partition coefficient (Wildman–Crippen LogP) is 4.83. The van der Waals surface area contributed by atoms with Crippen molar-refractivity contribution in [2.75, 3.05) is 19.8 Å². The van der Waals surface area contributed by atoms with Crippen molar-refractivity contribution in [3.63, 3.8) is 0 Å². The molecule has 3 saturated carbocycles. The summed E-state index contributed by atoms with van der Waals surface area (Å²) in [5.41, 5.74) is 2.62. The van der Waals surface area contributed by atoms with Crippen LogP contribution in [0.5, 0.6) is 0 Å². The number of ketones is 1. The Morgan fingerprint density at radius 2 is 2.00 bits per heavy atom. The number of rotatable bonds is 7. The molecule has 1 saturated heterocycles. The first-order chi connectivity index (χ1) is 17.8. The van der Waals surface area contributed by atoms with Crippen molar-refractivity contribution in [1.29, 1.82) is 0 Å². The molecular formula is C29H43N3O5. The van der Waals surface area contributed by atoms with Gasteiger partial charge in [-0.1, -0.05) is 24.6 Å². The number of carbonyl (C=O) groups is 3. The van der Waals surface area contributed by atoms with E-state index in [4.69, 9.17) is 9.57 Å². The number of nitrogens with one attached hydrogen (secondary N) is 1. The molecule has 0 aromatic heterocycles. The van der Waals surface area contributed by atoms with E-state index in [-0.39, 0.29) is 23.6 Å². The molecule has 0 spiro atoms. The number of hydrogen-bond acceptors (Lipinski definition) is 7. The maximum absolute atomic E-state index is 12.8. The van der Waals surface area contributed by atoms with Crippen LogP contribution in [0.3, 0.4) is 0 Å². The van der Waals surface area contributed by atoms with Crippen LogP contribution in [0.4, 0.5) is 4.79 Å².